The molecule has 0 amide bonds. The molecule has 0 spiro atoms. The van der Waals surface area contributed by atoms with Gasteiger partial charge >= 0.3 is 5.97 Å². The van der Waals surface area contributed by atoms with Gasteiger partial charge in [0.15, 0.2) is 0 Å². The quantitative estimate of drug-likeness (QED) is 0.832. The number of carbonyl (C=O) groups is 1. The van der Waals surface area contributed by atoms with Gasteiger partial charge in [0, 0.05) is 0 Å². The Morgan fingerprint density at radius 2 is 2.14 bits per heavy atom. The molecule has 0 heterocycles. The molecule has 3 nitrogen and oxygen atoms in total. The maximum Gasteiger partial charge on any atom is 0.332 e. The number of hydrogen-bond donors (Lipinski definition) is 1. The lowest BCUT2D eigenvalue weighted by molar-refractivity contribution is -0.152. The van der Waals surface area contributed by atoms with Crippen LogP contribution in [0.3, 0.4) is 0 Å². The molecule has 1 saturated carbocycles. The summed E-state index contributed by atoms with van der Waals surface area (Å²) < 4.78 is 5.37. The van der Waals surface area contributed by atoms with Crippen molar-refractivity contribution in [1.29, 1.82) is 0 Å². The average Bonchev–Trinajstić information content (AvgIpc) is 2.46. The van der Waals surface area contributed by atoms with Gasteiger partial charge in [0.2, 0.25) is 0 Å². The molecule has 0 saturated heterocycles. The van der Waals surface area contributed by atoms with Gasteiger partial charge in [-0.15, -0.1) is 0 Å². The molecule has 3 atom stereocenters. The maximum absolute atomic E-state index is 12.7. The molecule has 3 unspecified atom stereocenters. The Bertz CT molecular complexity index is 505. The van der Waals surface area contributed by atoms with Crippen molar-refractivity contribution in [2.75, 3.05) is 11.9 Å². The van der Waals surface area contributed by atoms with E-state index in [9.17, 15) is 4.79 Å². The molecule has 116 valence electrons. The number of anilines is 1. The molecule has 1 aliphatic carbocycles. The highest BCUT2D eigenvalue weighted by molar-refractivity contribution is 6.33. The Hall–Kier alpha value is -1.22. The highest BCUT2D eigenvalue weighted by atomic mass is 35.5. The van der Waals surface area contributed by atoms with Crippen LogP contribution in [0.25, 0.3) is 0 Å². The first-order valence-corrected chi connectivity index (χ1v) is 8.09. The Balaban J connectivity index is 2.36. The van der Waals surface area contributed by atoms with Crippen LogP contribution in [0.2, 0.25) is 5.02 Å². The fourth-order valence-corrected chi connectivity index (χ4v) is 3.43. The summed E-state index contributed by atoms with van der Waals surface area (Å²) in [6.07, 6.45) is 2.94. The molecule has 1 aromatic carbocycles. The number of hydrogen-bond acceptors (Lipinski definition) is 3. The highest BCUT2D eigenvalue weighted by Crippen LogP contribution is 2.41. The van der Waals surface area contributed by atoms with Crippen LogP contribution in [0.15, 0.2) is 24.3 Å². The first-order valence-electron chi connectivity index (χ1n) is 7.71. The standard InChI is InChI=1S/C17H24ClNO2/c1-4-21-16(20)17(11-7-8-12(2)13(17)3)19-15-10-6-5-9-14(15)18/h5-6,9-10,12-13,19H,4,7-8,11H2,1-3H3. The summed E-state index contributed by atoms with van der Waals surface area (Å²) in [6, 6.07) is 7.55. The van der Waals surface area contributed by atoms with Crippen molar-refractivity contribution in [2.24, 2.45) is 11.8 Å². The van der Waals surface area contributed by atoms with Gasteiger partial charge in [-0.25, -0.2) is 4.79 Å². The second kappa shape index (κ2) is 6.69. The van der Waals surface area contributed by atoms with Gasteiger partial charge in [0.05, 0.1) is 17.3 Å². The van der Waals surface area contributed by atoms with Crippen LogP contribution in [0.1, 0.15) is 40.0 Å². The molecule has 0 aromatic heterocycles. The van der Waals surface area contributed by atoms with Crippen LogP contribution in [-0.4, -0.2) is 18.1 Å². The minimum absolute atomic E-state index is 0.163. The van der Waals surface area contributed by atoms with Crippen molar-refractivity contribution < 1.29 is 9.53 Å². The van der Waals surface area contributed by atoms with Crippen LogP contribution in [0, 0.1) is 11.8 Å². The summed E-state index contributed by atoms with van der Waals surface area (Å²) in [6.45, 7) is 6.57. The lowest BCUT2D eigenvalue weighted by atomic mass is 9.68. The van der Waals surface area contributed by atoms with E-state index in [-0.39, 0.29) is 11.9 Å². The van der Waals surface area contributed by atoms with E-state index >= 15 is 0 Å². The van der Waals surface area contributed by atoms with Crippen LogP contribution < -0.4 is 5.32 Å². The molecule has 0 bridgehead atoms. The summed E-state index contributed by atoms with van der Waals surface area (Å²) >= 11 is 6.26. The number of para-hydroxylation sites is 1. The predicted molar refractivity (Wildman–Crippen MR) is 86.6 cm³/mol. The van der Waals surface area contributed by atoms with E-state index in [2.05, 4.69) is 19.2 Å². The molecule has 0 aliphatic heterocycles. The molecule has 4 heteroatoms. The van der Waals surface area contributed by atoms with E-state index in [1.165, 1.54) is 0 Å². The van der Waals surface area contributed by atoms with E-state index in [0.29, 0.717) is 17.5 Å². The van der Waals surface area contributed by atoms with E-state index in [4.69, 9.17) is 16.3 Å². The van der Waals surface area contributed by atoms with Crippen molar-refractivity contribution in [1.82, 2.24) is 0 Å². The van der Waals surface area contributed by atoms with Crippen LogP contribution in [0.5, 0.6) is 0 Å². The van der Waals surface area contributed by atoms with E-state index in [0.717, 1.165) is 24.9 Å². The van der Waals surface area contributed by atoms with Gasteiger partial charge < -0.3 is 10.1 Å². The molecule has 1 N–H and O–H groups in total. The number of esters is 1. The fourth-order valence-electron chi connectivity index (χ4n) is 3.24. The van der Waals surface area contributed by atoms with Crippen LogP contribution >= 0.6 is 11.6 Å². The van der Waals surface area contributed by atoms with Gasteiger partial charge in [-0.2, -0.15) is 0 Å². The maximum atomic E-state index is 12.7. The lowest BCUT2D eigenvalue weighted by Gasteiger charge is -2.44. The van der Waals surface area contributed by atoms with Gasteiger partial charge in [-0.05, 0) is 37.3 Å². The zero-order valence-electron chi connectivity index (χ0n) is 13.0. The van der Waals surface area contributed by atoms with E-state index in [1.54, 1.807) is 0 Å². The van der Waals surface area contributed by atoms with Crippen molar-refractivity contribution in [3.63, 3.8) is 0 Å². The summed E-state index contributed by atoms with van der Waals surface area (Å²) in [5.41, 5.74) is 0.117. The monoisotopic (exact) mass is 309 g/mol. The van der Waals surface area contributed by atoms with Crippen molar-refractivity contribution >= 4 is 23.3 Å². The second-order valence-electron chi connectivity index (χ2n) is 5.95. The molecule has 1 fully saturated rings. The third kappa shape index (κ3) is 3.18. The third-order valence-electron chi connectivity index (χ3n) is 4.73. The van der Waals surface area contributed by atoms with Gasteiger partial charge in [-0.1, -0.05) is 50.4 Å². The summed E-state index contributed by atoms with van der Waals surface area (Å²) in [4.78, 5) is 12.7. The number of nitrogens with one attached hydrogen (secondary N) is 1. The first-order chi connectivity index (χ1) is 10.0. The van der Waals surface area contributed by atoms with Crippen molar-refractivity contribution in [3.05, 3.63) is 29.3 Å². The number of carbonyl (C=O) groups excluding carboxylic acids is 1. The minimum Gasteiger partial charge on any atom is -0.464 e. The lowest BCUT2D eigenvalue weighted by Crippen LogP contribution is -2.56. The average molecular weight is 310 g/mol. The molecular weight excluding hydrogens is 286 g/mol. The normalized spacial score (nSPS) is 29.0. The zero-order valence-corrected chi connectivity index (χ0v) is 13.7. The summed E-state index contributed by atoms with van der Waals surface area (Å²) in [7, 11) is 0. The Morgan fingerprint density at radius 1 is 1.43 bits per heavy atom. The summed E-state index contributed by atoms with van der Waals surface area (Å²) in [5, 5.41) is 4.05. The van der Waals surface area contributed by atoms with Crippen LogP contribution in [0.4, 0.5) is 5.69 Å². The molecule has 1 aliphatic rings. The van der Waals surface area contributed by atoms with Crippen LogP contribution in [-0.2, 0) is 9.53 Å². The predicted octanol–water partition coefficient (Wildman–Crippen LogP) is 4.51. The Kier molecular flexibility index (Phi) is 5.15. The molecule has 1 aromatic rings. The molecule has 0 radical (unpaired) electrons. The third-order valence-corrected chi connectivity index (χ3v) is 5.06. The van der Waals surface area contributed by atoms with Gasteiger partial charge in [0.1, 0.15) is 5.54 Å². The largest absolute Gasteiger partial charge is 0.464 e. The minimum atomic E-state index is -0.682. The smallest absolute Gasteiger partial charge is 0.332 e. The van der Waals surface area contributed by atoms with Crippen molar-refractivity contribution in [2.45, 2.75) is 45.6 Å². The molecule has 2 rings (SSSR count). The zero-order chi connectivity index (χ0) is 15.5. The van der Waals surface area contributed by atoms with Gasteiger partial charge in [0.25, 0.3) is 0 Å². The molecular formula is C17H24ClNO2. The number of rotatable bonds is 4. The summed E-state index contributed by atoms with van der Waals surface area (Å²) in [5.74, 6) is 0.503. The highest BCUT2D eigenvalue weighted by Gasteiger charge is 2.49. The second-order valence-corrected chi connectivity index (χ2v) is 6.36. The Morgan fingerprint density at radius 3 is 2.81 bits per heavy atom. The van der Waals surface area contributed by atoms with Gasteiger partial charge in [-0.3, -0.25) is 0 Å². The number of ether oxygens (including phenoxy) is 1. The van der Waals surface area contributed by atoms with E-state index in [1.807, 2.05) is 31.2 Å². The topological polar surface area (TPSA) is 38.3 Å². The first kappa shape index (κ1) is 16.2. The Labute approximate surface area is 132 Å². The number of benzene rings is 1. The number of halogens is 1. The molecule has 21 heavy (non-hydrogen) atoms. The fraction of sp³-hybridized carbons (Fsp3) is 0.588. The van der Waals surface area contributed by atoms with Crippen molar-refractivity contribution in [3.8, 4) is 0 Å². The van der Waals surface area contributed by atoms with E-state index < -0.39 is 5.54 Å². The SMILES string of the molecule is CCOC(=O)C1(Nc2ccccc2Cl)CCCC(C)C1C.